The van der Waals surface area contributed by atoms with Crippen molar-refractivity contribution in [3.8, 4) is 0 Å². The highest BCUT2D eigenvalue weighted by atomic mass is 15.1. The molecule has 2 atom stereocenters. The first-order valence-electron chi connectivity index (χ1n) is 3.45. The zero-order chi connectivity index (χ0) is 7.56. The minimum atomic E-state index is 0.175. The number of hydrogen-bond donors (Lipinski definition) is 1. The van der Waals surface area contributed by atoms with Gasteiger partial charge in [0.15, 0.2) is 0 Å². The van der Waals surface area contributed by atoms with E-state index in [-0.39, 0.29) is 6.04 Å². The third kappa shape index (κ3) is 1.36. The lowest BCUT2D eigenvalue weighted by molar-refractivity contribution is 0.465. The predicted octanol–water partition coefficient (Wildman–Crippen LogP) is 0.791. The molecule has 56 valence electrons. The maximum atomic E-state index is 5.68. The molecule has 1 heterocycles. The van der Waals surface area contributed by atoms with Crippen LogP contribution in [-0.4, -0.2) is 15.6 Å². The summed E-state index contributed by atoms with van der Waals surface area (Å²) < 4.78 is 2.00. The van der Waals surface area contributed by atoms with E-state index in [0.29, 0.717) is 6.04 Å². The van der Waals surface area contributed by atoms with E-state index in [4.69, 9.17) is 5.73 Å². The van der Waals surface area contributed by atoms with Crippen LogP contribution in [0.1, 0.15) is 19.9 Å². The summed E-state index contributed by atoms with van der Waals surface area (Å²) >= 11 is 0. The molecule has 0 saturated carbocycles. The summed E-state index contributed by atoms with van der Waals surface area (Å²) in [6.07, 6.45) is 5.47. The Morgan fingerprint density at radius 1 is 1.50 bits per heavy atom. The molecule has 1 aromatic heterocycles. The minimum absolute atomic E-state index is 0.175. The topological polar surface area (TPSA) is 43.8 Å². The second kappa shape index (κ2) is 2.84. The molecule has 3 nitrogen and oxygen atoms in total. The molecule has 0 aliphatic heterocycles. The van der Waals surface area contributed by atoms with Crippen LogP contribution in [0.3, 0.4) is 0 Å². The zero-order valence-electron chi connectivity index (χ0n) is 6.36. The lowest BCUT2D eigenvalue weighted by Gasteiger charge is -2.16. The van der Waals surface area contributed by atoms with E-state index in [9.17, 15) is 0 Å². The minimum Gasteiger partial charge on any atom is -0.333 e. The Morgan fingerprint density at radius 3 is 2.60 bits per heavy atom. The number of imidazole rings is 1. The second-order valence-electron chi connectivity index (χ2n) is 2.61. The molecule has 0 aromatic carbocycles. The highest BCUT2D eigenvalue weighted by Crippen LogP contribution is 2.06. The highest BCUT2D eigenvalue weighted by Gasteiger charge is 2.06. The summed E-state index contributed by atoms with van der Waals surface area (Å²) in [5, 5.41) is 0. The smallest absolute Gasteiger partial charge is 0.0948 e. The van der Waals surface area contributed by atoms with Crippen LogP contribution >= 0.6 is 0 Å². The standard InChI is InChI=1S/C7H13N3/c1-6(8)7(2)10-4-3-9-5-10/h3-7H,8H2,1-2H3/t6-,7-/m1/s1. The Balaban J connectivity index is 2.68. The summed E-state index contributed by atoms with van der Waals surface area (Å²) in [6.45, 7) is 4.07. The quantitative estimate of drug-likeness (QED) is 0.658. The molecule has 0 radical (unpaired) electrons. The van der Waals surface area contributed by atoms with Crippen LogP contribution in [-0.2, 0) is 0 Å². The molecule has 0 spiro atoms. The molecule has 0 aliphatic carbocycles. The van der Waals surface area contributed by atoms with Gasteiger partial charge in [-0.2, -0.15) is 0 Å². The van der Waals surface area contributed by atoms with E-state index >= 15 is 0 Å². The van der Waals surface area contributed by atoms with Gasteiger partial charge in [-0.25, -0.2) is 4.98 Å². The molecule has 0 aliphatic rings. The van der Waals surface area contributed by atoms with Crippen molar-refractivity contribution in [3.63, 3.8) is 0 Å². The largest absolute Gasteiger partial charge is 0.333 e. The summed E-state index contributed by atoms with van der Waals surface area (Å²) in [6, 6.07) is 0.511. The van der Waals surface area contributed by atoms with Crippen molar-refractivity contribution in [2.45, 2.75) is 25.9 Å². The predicted molar refractivity (Wildman–Crippen MR) is 40.6 cm³/mol. The van der Waals surface area contributed by atoms with E-state index < -0.39 is 0 Å². The fourth-order valence-electron chi connectivity index (χ4n) is 0.782. The van der Waals surface area contributed by atoms with E-state index in [1.807, 2.05) is 17.7 Å². The van der Waals surface area contributed by atoms with E-state index in [0.717, 1.165) is 0 Å². The van der Waals surface area contributed by atoms with Crippen LogP contribution in [0.2, 0.25) is 0 Å². The van der Waals surface area contributed by atoms with Gasteiger partial charge >= 0.3 is 0 Å². The molecule has 0 saturated heterocycles. The second-order valence-corrected chi connectivity index (χ2v) is 2.61. The third-order valence-electron chi connectivity index (χ3n) is 1.76. The summed E-state index contributed by atoms with van der Waals surface area (Å²) in [5.74, 6) is 0. The fourth-order valence-corrected chi connectivity index (χ4v) is 0.782. The van der Waals surface area contributed by atoms with Gasteiger partial charge in [0.1, 0.15) is 0 Å². The first-order valence-corrected chi connectivity index (χ1v) is 3.45. The first-order chi connectivity index (χ1) is 4.72. The van der Waals surface area contributed by atoms with Crippen LogP contribution in [0.15, 0.2) is 18.7 Å². The van der Waals surface area contributed by atoms with Crippen molar-refractivity contribution >= 4 is 0 Å². The van der Waals surface area contributed by atoms with Crippen molar-refractivity contribution < 1.29 is 0 Å². The number of aromatic nitrogens is 2. The molecule has 2 N–H and O–H groups in total. The van der Waals surface area contributed by atoms with Crippen molar-refractivity contribution in [2.24, 2.45) is 5.73 Å². The maximum Gasteiger partial charge on any atom is 0.0948 e. The number of rotatable bonds is 2. The Labute approximate surface area is 60.9 Å². The average Bonchev–Trinajstić information content (AvgIpc) is 2.36. The van der Waals surface area contributed by atoms with Gasteiger partial charge in [0.05, 0.1) is 6.33 Å². The van der Waals surface area contributed by atoms with Crippen LogP contribution in [0.4, 0.5) is 0 Å². The van der Waals surface area contributed by atoms with Gasteiger partial charge in [-0.3, -0.25) is 0 Å². The van der Waals surface area contributed by atoms with Crippen LogP contribution in [0, 0.1) is 0 Å². The molecular weight excluding hydrogens is 126 g/mol. The van der Waals surface area contributed by atoms with E-state index in [1.54, 1.807) is 12.5 Å². The van der Waals surface area contributed by atoms with Crippen LogP contribution in [0.5, 0.6) is 0 Å². The van der Waals surface area contributed by atoms with Crippen LogP contribution in [0.25, 0.3) is 0 Å². The zero-order valence-corrected chi connectivity index (χ0v) is 6.36. The number of nitrogens with two attached hydrogens (primary N) is 1. The summed E-state index contributed by atoms with van der Waals surface area (Å²) in [7, 11) is 0. The van der Waals surface area contributed by atoms with Gasteiger partial charge in [-0.05, 0) is 13.8 Å². The Bertz CT molecular complexity index is 179. The van der Waals surface area contributed by atoms with Crippen molar-refractivity contribution in [1.29, 1.82) is 0 Å². The molecule has 0 unspecified atom stereocenters. The SMILES string of the molecule is C[C@H]([C@@H](C)N)n1ccnc1. The molecular formula is C7H13N3. The molecule has 0 amide bonds. The van der Waals surface area contributed by atoms with E-state index in [1.165, 1.54) is 0 Å². The van der Waals surface area contributed by atoms with E-state index in [2.05, 4.69) is 11.9 Å². The van der Waals surface area contributed by atoms with Crippen molar-refractivity contribution in [1.82, 2.24) is 9.55 Å². The van der Waals surface area contributed by atoms with Crippen molar-refractivity contribution in [3.05, 3.63) is 18.7 Å². The van der Waals surface area contributed by atoms with Crippen molar-refractivity contribution in [2.75, 3.05) is 0 Å². The molecule has 1 rings (SSSR count). The summed E-state index contributed by atoms with van der Waals surface area (Å²) in [5.41, 5.74) is 5.68. The fraction of sp³-hybridized carbons (Fsp3) is 0.571. The third-order valence-corrected chi connectivity index (χ3v) is 1.76. The molecule has 0 bridgehead atoms. The van der Waals surface area contributed by atoms with Gasteiger partial charge in [-0.1, -0.05) is 0 Å². The lowest BCUT2D eigenvalue weighted by Crippen LogP contribution is -2.26. The molecule has 1 aromatic rings. The van der Waals surface area contributed by atoms with Gasteiger partial charge in [0, 0.05) is 24.5 Å². The highest BCUT2D eigenvalue weighted by molar-refractivity contribution is 4.81. The first kappa shape index (κ1) is 7.28. The normalized spacial score (nSPS) is 16.7. The number of nitrogens with zero attached hydrogens (tertiary/aromatic N) is 2. The summed E-state index contributed by atoms with van der Waals surface area (Å²) in [4.78, 5) is 3.93. The van der Waals surface area contributed by atoms with Gasteiger partial charge in [0.2, 0.25) is 0 Å². The van der Waals surface area contributed by atoms with Crippen LogP contribution < -0.4 is 5.73 Å². The Kier molecular flexibility index (Phi) is 2.06. The molecule has 0 fully saturated rings. The monoisotopic (exact) mass is 139 g/mol. The average molecular weight is 139 g/mol. The molecule has 3 heteroatoms. The maximum absolute atomic E-state index is 5.68. The van der Waals surface area contributed by atoms with Gasteiger partial charge < -0.3 is 10.3 Å². The number of hydrogen-bond acceptors (Lipinski definition) is 2. The Morgan fingerprint density at radius 2 is 2.20 bits per heavy atom. The van der Waals surface area contributed by atoms with Gasteiger partial charge in [0.25, 0.3) is 0 Å². The van der Waals surface area contributed by atoms with Gasteiger partial charge in [-0.15, -0.1) is 0 Å². The Hall–Kier alpha value is -0.830. The molecule has 10 heavy (non-hydrogen) atoms. The lowest BCUT2D eigenvalue weighted by atomic mass is 10.2.